The van der Waals surface area contributed by atoms with Crippen molar-refractivity contribution in [3.05, 3.63) is 76.5 Å². The monoisotopic (exact) mass is 337 g/mol. The fraction of sp³-hybridized carbons (Fsp3) is 0.211. The molecule has 6 heteroatoms. The minimum Gasteiger partial charge on any atom is -0.375 e. The van der Waals surface area contributed by atoms with E-state index in [1.54, 1.807) is 0 Å². The number of rotatable bonds is 7. The third-order valence-electron chi connectivity index (χ3n) is 3.82. The molecule has 0 aliphatic heterocycles. The topological polar surface area (TPSA) is 77.3 Å². The van der Waals surface area contributed by atoms with Crippen molar-refractivity contribution in [3.63, 3.8) is 0 Å². The van der Waals surface area contributed by atoms with Gasteiger partial charge < -0.3 is 10.1 Å². The Bertz CT molecular complexity index is 868. The third-order valence-corrected chi connectivity index (χ3v) is 3.82. The molecule has 2 aromatic carbocycles. The van der Waals surface area contributed by atoms with Crippen LogP contribution in [-0.2, 0) is 11.3 Å². The molecule has 0 radical (unpaired) electrons. The molecule has 3 rings (SSSR count). The molecule has 6 nitrogen and oxygen atoms in total. The van der Waals surface area contributed by atoms with Gasteiger partial charge in [-0.15, -0.1) is 0 Å². The standard InChI is InChI=1S/C19H19N3O3/c1-14(12-25-13-15-7-3-2-4-8-15)21-19-16-9-5-6-10-17(16)20-11-18(19)22(23)24/h2-11,14H,12-13H2,1H3,(H,20,21)/t14-/m1/s1. The van der Waals surface area contributed by atoms with Crippen molar-refractivity contribution in [1.82, 2.24) is 4.98 Å². The molecule has 25 heavy (non-hydrogen) atoms. The highest BCUT2D eigenvalue weighted by Gasteiger charge is 2.19. The number of benzene rings is 2. The lowest BCUT2D eigenvalue weighted by Gasteiger charge is -2.17. The predicted molar refractivity (Wildman–Crippen MR) is 97.6 cm³/mol. The zero-order chi connectivity index (χ0) is 17.6. The Kier molecular flexibility index (Phi) is 5.20. The van der Waals surface area contributed by atoms with Crippen LogP contribution in [0.1, 0.15) is 12.5 Å². The van der Waals surface area contributed by atoms with E-state index in [-0.39, 0.29) is 11.7 Å². The summed E-state index contributed by atoms with van der Waals surface area (Å²) in [7, 11) is 0. The summed E-state index contributed by atoms with van der Waals surface area (Å²) in [5.74, 6) is 0. The number of nitrogens with zero attached hydrogens (tertiary/aromatic N) is 2. The Morgan fingerprint density at radius 1 is 1.16 bits per heavy atom. The van der Waals surface area contributed by atoms with Gasteiger partial charge in [-0.05, 0) is 18.6 Å². The summed E-state index contributed by atoms with van der Waals surface area (Å²) in [5.41, 5.74) is 2.25. The van der Waals surface area contributed by atoms with Crippen molar-refractivity contribution in [2.45, 2.75) is 19.6 Å². The highest BCUT2D eigenvalue weighted by molar-refractivity contribution is 5.95. The smallest absolute Gasteiger partial charge is 0.311 e. The van der Waals surface area contributed by atoms with E-state index in [0.29, 0.717) is 24.4 Å². The summed E-state index contributed by atoms with van der Waals surface area (Å²) < 4.78 is 5.72. The Hall–Kier alpha value is -2.99. The molecule has 1 aromatic heterocycles. The minimum absolute atomic E-state index is 0.0337. The van der Waals surface area contributed by atoms with Gasteiger partial charge in [-0.2, -0.15) is 0 Å². The zero-order valence-corrected chi connectivity index (χ0v) is 13.9. The highest BCUT2D eigenvalue weighted by Crippen LogP contribution is 2.31. The normalized spacial score (nSPS) is 12.0. The Balaban J connectivity index is 1.72. The van der Waals surface area contributed by atoms with Crippen LogP contribution in [0.25, 0.3) is 10.9 Å². The molecule has 0 amide bonds. The van der Waals surface area contributed by atoms with Gasteiger partial charge in [0, 0.05) is 11.4 Å². The zero-order valence-electron chi connectivity index (χ0n) is 13.9. The number of fused-ring (bicyclic) bond motifs is 1. The van der Waals surface area contributed by atoms with Crippen molar-refractivity contribution in [1.29, 1.82) is 0 Å². The van der Waals surface area contributed by atoms with E-state index in [1.165, 1.54) is 6.20 Å². The van der Waals surface area contributed by atoms with Crippen molar-refractivity contribution < 1.29 is 9.66 Å². The van der Waals surface area contributed by atoms with Crippen molar-refractivity contribution in [2.75, 3.05) is 11.9 Å². The molecule has 0 unspecified atom stereocenters. The summed E-state index contributed by atoms with van der Waals surface area (Å²) in [5, 5.41) is 15.3. The maximum absolute atomic E-state index is 11.3. The Morgan fingerprint density at radius 2 is 1.88 bits per heavy atom. The lowest BCUT2D eigenvalue weighted by molar-refractivity contribution is -0.384. The summed E-state index contributed by atoms with van der Waals surface area (Å²) in [4.78, 5) is 15.1. The summed E-state index contributed by atoms with van der Waals surface area (Å²) >= 11 is 0. The molecule has 0 aliphatic carbocycles. The molecule has 1 atom stereocenters. The second-order valence-corrected chi connectivity index (χ2v) is 5.84. The van der Waals surface area contributed by atoms with E-state index in [2.05, 4.69) is 10.3 Å². The molecule has 3 aromatic rings. The van der Waals surface area contributed by atoms with Gasteiger partial charge in [0.2, 0.25) is 0 Å². The maximum Gasteiger partial charge on any atom is 0.311 e. The van der Waals surface area contributed by atoms with Crippen molar-refractivity contribution >= 4 is 22.3 Å². The van der Waals surface area contributed by atoms with Crippen molar-refractivity contribution in [2.24, 2.45) is 0 Å². The molecular formula is C19H19N3O3. The number of aromatic nitrogens is 1. The first-order valence-electron chi connectivity index (χ1n) is 8.05. The van der Waals surface area contributed by atoms with E-state index < -0.39 is 4.92 Å². The molecule has 128 valence electrons. The molecule has 1 heterocycles. The average molecular weight is 337 g/mol. The molecule has 0 saturated carbocycles. The van der Waals surface area contributed by atoms with Gasteiger partial charge in [-0.3, -0.25) is 10.1 Å². The van der Waals surface area contributed by atoms with Gasteiger partial charge in [-0.1, -0.05) is 48.5 Å². The van der Waals surface area contributed by atoms with Crippen LogP contribution < -0.4 is 5.32 Å². The van der Waals surface area contributed by atoms with Crippen LogP contribution in [-0.4, -0.2) is 22.6 Å². The molecule has 0 bridgehead atoms. The van der Waals surface area contributed by atoms with Gasteiger partial charge in [0.15, 0.2) is 0 Å². The first-order chi connectivity index (χ1) is 12.1. The highest BCUT2D eigenvalue weighted by atomic mass is 16.6. The van der Waals surface area contributed by atoms with Gasteiger partial charge in [0.1, 0.15) is 11.9 Å². The van der Waals surface area contributed by atoms with Crippen LogP contribution in [0.5, 0.6) is 0 Å². The number of ether oxygens (including phenoxy) is 1. The van der Waals surface area contributed by atoms with Gasteiger partial charge in [0.05, 0.1) is 23.7 Å². The molecule has 0 aliphatic rings. The first kappa shape index (κ1) is 16.9. The van der Waals surface area contributed by atoms with Crippen molar-refractivity contribution in [3.8, 4) is 0 Å². The van der Waals surface area contributed by atoms with Crippen LogP contribution >= 0.6 is 0 Å². The largest absolute Gasteiger partial charge is 0.375 e. The summed E-state index contributed by atoms with van der Waals surface area (Å²) in [6.07, 6.45) is 1.29. The van der Waals surface area contributed by atoms with E-state index >= 15 is 0 Å². The Morgan fingerprint density at radius 3 is 2.64 bits per heavy atom. The number of para-hydroxylation sites is 1. The molecular weight excluding hydrogens is 318 g/mol. The van der Waals surface area contributed by atoms with Gasteiger partial charge >= 0.3 is 5.69 Å². The number of hydrogen-bond donors (Lipinski definition) is 1. The molecule has 0 saturated heterocycles. The average Bonchev–Trinajstić information content (AvgIpc) is 2.62. The van der Waals surface area contributed by atoms with Crippen LogP contribution in [0.2, 0.25) is 0 Å². The molecule has 0 spiro atoms. The van der Waals surface area contributed by atoms with E-state index in [0.717, 1.165) is 10.9 Å². The second-order valence-electron chi connectivity index (χ2n) is 5.84. The predicted octanol–water partition coefficient (Wildman–Crippen LogP) is 4.16. The van der Waals surface area contributed by atoms with Crippen LogP contribution in [0.3, 0.4) is 0 Å². The number of nitrogens with one attached hydrogen (secondary N) is 1. The third kappa shape index (κ3) is 4.10. The minimum atomic E-state index is -0.417. The van der Waals surface area contributed by atoms with E-state index in [1.807, 2.05) is 61.5 Å². The molecule has 1 N–H and O–H groups in total. The van der Waals surface area contributed by atoms with Gasteiger partial charge in [-0.25, -0.2) is 4.98 Å². The van der Waals surface area contributed by atoms with Gasteiger partial charge in [0.25, 0.3) is 0 Å². The number of hydrogen-bond acceptors (Lipinski definition) is 5. The lowest BCUT2D eigenvalue weighted by atomic mass is 10.1. The molecule has 0 fully saturated rings. The fourth-order valence-corrected chi connectivity index (χ4v) is 2.64. The SMILES string of the molecule is C[C@H](COCc1ccccc1)Nc1c([N+](=O)[O-])cnc2ccccc12. The lowest BCUT2D eigenvalue weighted by Crippen LogP contribution is -2.22. The van der Waals surface area contributed by atoms with E-state index in [4.69, 9.17) is 4.74 Å². The summed E-state index contributed by atoms with van der Waals surface area (Å²) in [6, 6.07) is 17.2. The number of pyridine rings is 1. The fourth-order valence-electron chi connectivity index (χ4n) is 2.64. The maximum atomic E-state index is 11.3. The number of nitro groups is 1. The Labute approximate surface area is 145 Å². The quantitative estimate of drug-likeness (QED) is 0.517. The van der Waals surface area contributed by atoms with Crippen LogP contribution in [0, 0.1) is 10.1 Å². The number of anilines is 1. The van der Waals surface area contributed by atoms with Crippen LogP contribution in [0.15, 0.2) is 60.8 Å². The first-order valence-corrected chi connectivity index (χ1v) is 8.05. The van der Waals surface area contributed by atoms with E-state index in [9.17, 15) is 10.1 Å². The summed E-state index contributed by atoms with van der Waals surface area (Å²) in [6.45, 7) is 2.87. The second kappa shape index (κ2) is 7.72. The van der Waals surface area contributed by atoms with Crippen LogP contribution in [0.4, 0.5) is 11.4 Å².